The van der Waals surface area contributed by atoms with Crippen molar-refractivity contribution in [3.8, 4) is 0 Å². The maximum atomic E-state index is 5.56. The Bertz CT molecular complexity index is 88.3. The van der Waals surface area contributed by atoms with Crippen LogP contribution < -0.4 is 10.8 Å². The highest BCUT2D eigenvalue weighted by Crippen LogP contribution is 2.03. The first-order chi connectivity index (χ1) is 3.85. The third-order valence-electron chi connectivity index (χ3n) is 1.39. The normalized spacial score (nSPS) is 13.3. The summed E-state index contributed by atoms with van der Waals surface area (Å²) in [6.07, 6.45) is 0. The number of hydrogen-bond donors (Lipinski definition) is 2. The highest BCUT2D eigenvalue weighted by atomic mass is 28.4. The van der Waals surface area contributed by atoms with Crippen LogP contribution in [0.15, 0.2) is 0 Å². The first-order valence-corrected chi connectivity index (χ1v) is 8.02. The van der Waals surface area contributed by atoms with Gasteiger partial charge in [0.05, 0.1) is 0 Å². The number of nitrogens with zero attached hydrogens (tertiary/aromatic N) is 1. The lowest BCUT2D eigenvalue weighted by Gasteiger charge is -2.30. The smallest absolute Gasteiger partial charge is 0.308 e. The Morgan fingerprint density at radius 1 is 1.22 bits per heavy atom. The lowest BCUT2D eigenvalue weighted by molar-refractivity contribution is 0.770. The standard InChI is InChI=1S/C4H16N3Si2/c1-7(8(5)6)9(2,3)4/h5-6H2,1-4H3. The van der Waals surface area contributed by atoms with Crippen LogP contribution in [0.25, 0.3) is 0 Å². The van der Waals surface area contributed by atoms with Crippen LogP contribution in [0, 0.1) is 0 Å². The Morgan fingerprint density at radius 3 is 1.56 bits per heavy atom. The molecule has 0 bridgehead atoms. The number of hydrogen-bond acceptors (Lipinski definition) is 3. The molecule has 0 aromatic rings. The summed E-state index contributed by atoms with van der Waals surface area (Å²) in [4.78, 5) is 0. The van der Waals surface area contributed by atoms with Crippen molar-refractivity contribution in [1.82, 2.24) is 4.23 Å². The van der Waals surface area contributed by atoms with E-state index in [0.29, 0.717) is 0 Å². The predicted molar refractivity (Wildman–Crippen MR) is 45.2 cm³/mol. The van der Waals surface area contributed by atoms with Gasteiger partial charge in [-0.25, -0.2) is 0 Å². The fourth-order valence-corrected chi connectivity index (χ4v) is 3.49. The zero-order valence-electron chi connectivity index (χ0n) is 6.60. The van der Waals surface area contributed by atoms with Gasteiger partial charge in [0.25, 0.3) is 0 Å². The lowest BCUT2D eigenvalue weighted by atomic mass is 11.6. The van der Waals surface area contributed by atoms with Crippen LogP contribution in [0.5, 0.6) is 0 Å². The summed E-state index contributed by atoms with van der Waals surface area (Å²) in [5.74, 6) is 0. The summed E-state index contributed by atoms with van der Waals surface area (Å²) in [7, 11) is -0.355. The van der Waals surface area contributed by atoms with E-state index in [4.69, 9.17) is 10.8 Å². The second-order valence-electron chi connectivity index (χ2n) is 3.15. The van der Waals surface area contributed by atoms with Crippen molar-refractivity contribution in [3.05, 3.63) is 0 Å². The first-order valence-electron chi connectivity index (χ1n) is 2.97. The van der Waals surface area contributed by atoms with Crippen molar-refractivity contribution in [3.63, 3.8) is 0 Å². The minimum absolute atomic E-state index is 1.17. The monoisotopic (exact) mass is 162 g/mol. The third-order valence-corrected chi connectivity index (χ3v) is 6.97. The zero-order chi connectivity index (χ0) is 7.65. The highest BCUT2D eigenvalue weighted by molar-refractivity contribution is 6.81. The van der Waals surface area contributed by atoms with E-state index < -0.39 is 17.5 Å². The van der Waals surface area contributed by atoms with Gasteiger partial charge in [-0.1, -0.05) is 19.6 Å². The topological polar surface area (TPSA) is 55.3 Å². The van der Waals surface area contributed by atoms with Crippen LogP contribution in [0.1, 0.15) is 0 Å². The van der Waals surface area contributed by atoms with Gasteiger partial charge >= 0.3 is 9.28 Å². The molecular weight excluding hydrogens is 146 g/mol. The Hall–Kier alpha value is 0.314. The summed E-state index contributed by atoms with van der Waals surface area (Å²) in [6.45, 7) is 6.70. The highest BCUT2D eigenvalue weighted by Gasteiger charge is 2.24. The van der Waals surface area contributed by atoms with Crippen LogP contribution >= 0.6 is 0 Å². The second-order valence-corrected chi connectivity index (χ2v) is 10.1. The summed E-state index contributed by atoms with van der Waals surface area (Å²) in [5.41, 5.74) is 0. The molecule has 0 unspecified atom stereocenters. The fraction of sp³-hybridized carbons (Fsp3) is 1.00. The maximum Gasteiger partial charge on any atom is 0.308 e. The minimum Gasteiger partial charge on any atom is -0.327 e. The van der Waals surface area contributed by atoms with Crippen molar-refractivity contribution >= 4 is 17.5 Å². The number of nitrogens with two attached hydrogens (primary N) is 2. The Morgan fingerprint density at radius 2 is 1.56 bits per heavy atom. The Balaban J connectivity index is 3.88. The second kappa shape index (κ2) is 2.93. The van der Waals surface area contributed by atoms with Gasteiger partial charge in [0.2, 0.25) is 0 Å². The molecule has 0 saturated heterocycles. The molecule has 1 radical (unpaired) electrons. The molecule has 0 saturated carbocycles. The molecule has 0 spiro atoms. The molecule has 9 heavy (non-hydrogen) atoms. The van der Waals surface area contributed by atoms with Crippen molar-refractivity contribution in [2.24, 2.45) is 10.8 Å². The quantitative estimate of drug-likeness (QED) is 0.546. The molecule has 0 aromatic heterocycles. The van der Waals surface area contributed by atoms with E-state index in [2.05, 4.69) is 23.9 Å². The van der Waals surface area contributed by atoms with Crippen LogP contribution in [0.3, 0.4) is 0 Å². The molecule has 0 fully saturated rings. The van der Waals surface area contributed by atoms with Crippen molar-refractivity contribution in [2.75, 3.05) is 7.05 Å². The molecule has 5 heteroatoms. The molecule has 3 nitrogen and oxygen atoms in total. The minimum atomic E-state index is -1.20. The van der Waals surface area contributed by atoms with Gasteiger partial charge in [0, 0.05) is 0 Å². The molecule has 0 atom stereocenters. The Kier molecular flexibility index (Phi) is 3.04. The number of rotatable bonds is 2. The largest absolute Gasteiger partial charge is 0.327 e. The van der Waals surface area contributed by atoms with Crippen LogP contribution in [0.2, 0.25) is 19.6 Å². The zero-order valence-corrected chi connectivity index (χ0v) is 8.60. The summed E-state index contributed by atoms with van der Waals surface area (Å²) < 4.78 is 2.15. The SMILES string of the molecule is CN([Si](N)N)[Si](C)(C)C. The maximum absolute atomic E-state index is 5.56. The summed E-state index contributed by atoms with van der Waals surface area (Å²) in [5, 5.41) is 11.1. The van der Waals surface area contributed by atoms with Crippen LogP contribution in [-0.2, 0) is 0 Å². The summed E-state index contributed by atoms with van der Waals surface area (Å²) in [6, 6.07) is 0. The first kappa shape index (κ1) is 9.31. The molecule has 0 amide bonds. The molecule has 0 heterocycles. The van der Waals surface area contributed by atoms with Gasteiger partial charge in [0.1, 0.15) is 8.24 Å². The van der Waals surface area contributed by atoms with E-state index in [9.17, 15) is 0 Å². The van der Waals surface area contributed by atoms with Gasteiger partial charge < -0.3 is 15.0 Å². The molecule has 0 aliphatic carbocycles. The molecule has 4 N–H and O–H groups in total. The molecule has 0 rings (SSSR count). The van der Waals surface area contributed by atoms with E-state index in [1.807, 2.05) is 7.05 Å². The van der Waals surface area contributed by atoms with Crippen LogP contribution in [-0.4, -0.2) is 28.8 Å². The summed E-state index contributed by atoms with van der Waals surface area (Å²) >= 11 is 0. The van der Waals surface area contributed by atoms with E-state index >= 15 is 0 Å². The fourth-order valence-electron chi connectivity index (χ4n) is 0.387. The van der Waals surface area contributed by atoms with E-state index in [0.717, 1.165) is 0 Å². The average Bonchev–Trinajstić information content (AvgIpc) is 1.62. The van der Waals surface area contributed by atoms with Gasteiger partial charge in [-0.3, -0.25) is 0 Å². The van der Waals surface area contributed by atoms with Gasteiger partial charge in [-0.2, -0.15) is 0 Å². The van der Waals surface area contributed by atoms with Gasteiger partial charge in [-0.15, -0.1) is 0 Å². The van der Waals surface area contributed by atoms with Gasteiger partial charge in [-0.05, 0) is 7.05 Å². The molecule has 0 aliphatic rings. The van der Waals surface area contributed by atoms with Gasteiger partial charge in [0.15, 0.2) is 0 Å². The molecular formula is C4H16N3Si2. The van der Waals surface area contributed by atoms with Crippen molar-refractivity contribution < 1.29 is 0 Å². The van der Waals surface area contributed by atoms with E-state index in [1.54, 1.807) is 0 Å². The molecule has 0 aliphatic heterocycles. The molecule has 0 aromatic carbocycles. The van der Waals surface area contributed by atoms with Crippen LogP contribution in [0.4, 0.5) is 0 Å². The average molecular weight is 162 g/mol. The molecule has 55 valence electrons. The van der Waals surface area contributed by atoms with Crippen molar-refractivity contribution in [2.45, 2.75) is 19.6 Å². The van der Waals surface area contributed by atoms with E-state index in [1.165, 1.54) is 0 Å². The van der Waals surface area contributed by atoms with Crippen molar-refractivity contribution in [1.29, 1.82) is 0 Å². The lowest BCUT2D eigenvalue weighted by Crippen LogP contribution is -2.61. The van der Waals surface area contributed by atoms with E-state index in [-0.39, 0.29) is 0 Å². The predicted octanol–water partition coefficient (Wildman–Crippen LogP) is -0.345. The Labute approximate surface area is 60.0 Å². The third kappa shape index (κ3) is 3.12.